The molecular weight excluding hydrogens is 258 g/mol. The number of hydrogen-bond acceptors (Lipinski definition) is 5. The molecule has 0 aliphatic carbocycles. The number of esters is 1. The van der Waals surface area contributed by atoms with Crippen LogP contribution in [0.1, 0.15) is 35.8 Å². The lowest BCUT2D eigenvalue weighted by molar-refractivity contribution is 0.0499. The minimum Gasteiger partial charge on any atom is -0.462 e. The Bertz CT molecular complexity index is 581. The molecule has 0 aliphatic heterocycles. The van der Waals surface area contributed by atoms with E-state index in [0.717, 1.165) is 12.8 Å². The summed E-state index contributed by atoms with van der Waals surface area (Å²) in [6.07, 6.45) is 3.31. The second-order valence-corrected chi connectivity index (χ2v) is 4.34. The van der Waals surface area contributed by atoms with Gasteiger partial charge in [0, 0.05) is 0 Å². The fourth-order valence-electron chi connectivity index (χ4n) is 1.74. The minimum atomic E-state index is -0.356. The van der Waals surface area contributed by atoms with Crippen molar-refractivity contribution in [2.75, 3.05) is 6.61 Å². The maximum Gasteiger partial charge on any atom is 0.338 e. The summed E-state index contributed by atoms with van der Waals surface area (Å²) in [7, 11) is 0. The molecule has 106 valence electrons. The third-order valence-electron chi connectivity index (χ3n) is 2.84. The number of aliphatic hydroxyl groups excluding tert-OH is 1. The Balaban J connectivity index is 2.18. The average molecular weight is 275 g/mol. The first-order chi connectivity index (χ1) is 9.76. The number of hydrogen-bond donors (Lipinski definition) is 1. The number of carbonyl (C=O) groups is 1. The quantitative estimate of drug-likeness (QED) is 0.641. The van der Waals surface area contributed by atoms with Gasteiger partial charge >= 0.3 is 5.97 Å². The van der Waals surface area contributed by atoms with E-state index in [1.165, 1.54) is 10.9 Å². The zero-order valence-electron chi connectivity index (χ0n) is 11.3. The predicted molar refractivity (Wildman–Crippen MR) is 72.5 cm³/mol. The number of aliphatic hydroxyl groups is 1. The topological polar surface area (TPSA) is 77.2 Å². The summed E-state index contributed by atoms with van der Waals surface area (Å²) in [5.41, 5.74) is 1.68. The van der Waals surface area contributed by atoms with Crippen LogP contribution in [0.5, 0.6) is 0 Å². The highest BCUT2D eigenvalue weighted by Crippen LogP contribution is 2.13. The Morgan fingerprint density at radius 1 is 1.45 bits per heavy atom. The van der Waals surface area contributed by atoms with Crippen molar-refractivity contribution in [3.8, 4) is 5.69 Å². The van der Waals surface area contributed by atoms with Crippen molar-refractivity contribution in [3.05, 3.63) is 41.7 Å². The molecule has 0 saturated heterocycles. The molecule has 6 nitrogen and oxygen atoms in total. The standard InChI is InChI=1S/C14H17N3O3/c1-2-3-7-20-14(19)11-5-4-6-12(8-11)17-13(10-18)9-15-16-17/h4-6,8-9,18H,2-3,7,10H2,1H3. The summed E-state index contributed by atoms with van der Waals surface area (Å²) in [6, 6.07) is 6.89. The molecule has 20 heavy (non-hydrogen) atoms. The van der Waals surface area contributed by atoms with Crippen molar-refractivity contribution < 1.29 is 14.6 Å². The van der Waals surface area contributed by atoms with E-state index in [1.807, 2.05) is 6.92 Å². The number of aromatic nitrogens is 3. The van der Waals surface area contributed by atoms with Gasteiger partial charge in [0.15, 0.2) is 0 Å². The lowest BCUT2D eigenvalue weighted by Crippen LogP contribution is -2.08. The normalized spacial score (nSPS) is 10.5. The number of rotatable bonds is 6. The van der Waals surface area contributed by atoms with Gasteiger partial charge in [0.05, 0.1) is 36.4 Å². The Morgan fingerprint density at radius 2 is 2.30 bits per heavy atom. The van der Waals surface area contributed by atoms with Gasteiger partial charge in [0.25, 0.3) is 0 Å². The second kappa shape index (κ2) is 6.81. The molecule has 0 bridgehead atoms. The fourth-order valence-corrected chi connectivity index (χ4v) is 1.74. The van der Waals surface area contributed by atoms with E-state index in [4.69, 9.17) is 4.74 Å². The highest BCUT2D eigenvalue weighted by atomic mass is 16.5. The van der Waals surface area contributed by atoms with Gasteiger partial charge in [0.2, 0.25) is 0 Å². The fraction of sp³-hybridized carbons (Fsp3) is 0.357. The lowest BCUT2D eigenvalue weighted by atomic mass is 10.2. The number of nitrogens with zero attached hydrogens (tertiary/aromatic N) is 3. The van der Waals surface area contributed by atoms with Crippen LogP contribution in [0.15, 0.2) is 30.5 Å². The third kappa shape index (κ3) is 3.21. The van der Waals surface area contributed by atoms with Crippen LogP contribution in [-0.4, -0.2) is 32.7 Å². The van der Waals surface area contributed by atoms with Crippen molar-refractivity contribution in [1.82, 2.24) is 15.0 Å². The van der Waals surface area contributed by atoms with Crippen LogP contribution < -0.4 is 0 Å². The number of benzene rings is 1. The molecule has 1 aromatic heterocycles. The van der Waals surface area contributed by atoms with Gasteiger partial charge < -0.3 is 9.84 Å². The molecule has 2 aromatic rings. The predicted octanol–water partition coefficient (Wildman–Crippen LogP) is 1.72. The van der Waals surface area contributed by atoms with Crippen LogP contribution in [0.2, 0.25) is 0 Å². The molecule has 0 saturated carbocycles. The van der Waals surface area contributed by atoms with Gasteiger partial charge in [-0.1, -0.05) is 24.6 Å². The molecule has 0 radical (unpaired) electrons. The summed E-state index contributed by atoms with van der Waals surface area (Å²) in [5, 5.41) is 16.8. The van der Waals surface area contributed by atoms with Crippen molar-refractivity contribution in [1.29, 1.82) is 0 Å². The molecular formula is C14H17N3O3. The maximum absolute atomic E-state index is 11.9. The summed E-state index contributed by atoms with van der Waals surface area (Å²) >= 11 is 0. The Kier molecular flexibility index (Phi) is 4.84. The average Bonchev–Trinajstić information content (AvgIpc) is 2.96. The minimum absolute atomic E-state index is 0.168. The van der Waals surface area contributed by atoms with Gasteiger partial charge in [-0.25, -0.2) is 9.48 Å². The van der Waals surface area contributed by atoms with Crippen LogP contribution in [0.25, 0.3) is 5.69 Å². The van der Waals surface area contributed by atoms with Crippen LogP contribution in [0.4, 0.5) is 0 Å². The van der Waals surface area contributed by atoms with Crippen LogP contribution in [-0.2, 0) is 11.3 Å². The largest absolute Gasteiger partial charge is 0.462 e. The summed E-state index contributed by atoms with van der Waals surface area (Å²) in [5.74, 6) is -0.356. The van der Waals surface area contributed by atoms with E-state index in [-0.39, 0.29) is 12.6 Å². The van der Waals surface area contributed by atoms with E-state index in [1.54, 1.807) is 24.3 Å². The Morgan fingerprint density at radius 3 is 3.05 bits per heavy atom. The van der Waals surface area contributed by atoms with E-state index >= 15 is 0 Å². The molecule has 1 N–H and O–H groups in total. The third-order valence-corrected chi connectivity index (χ3v) is 2.84. The maximum atomic E-state index is 11.9. The SMILES string of the molecule is CCCCOC(=O)c1cccc(-n2nncc2CO)c1. The first-order valence-electron chi connectivity index (χ1n) is 6.54. The van der Waals surface area contributed by atoms with E-state index in [9.17, 15) is 9.90 Å². The van der Waals surface area contributed by atoms with Crippen molar-refractivity contribution >= 4 is 5.97 Å². The van der Waals surface area contributed by atoms with Gasteiger partial charge in [-0.2, -0.15) is 0 Å². The molecule has 0 atom stereocenters. The molecule has 1 aromatic carbocycles. The van der Waals surface area contributed by atoms with Crippen LogP contribution >= 0.6 is 0 Å². The summed E-state index contributed by atoms with van der Waals surface area (Å²) in [4.78, 5) is 11.9. The van der Waals surface area contributed by atoms with Crippen LogP contribution in [0.3, 0.4) is 0 Å². The molecule has 1 heterocycles. The van der Waals surface area contributed by atoms with E-state index < -0.39 is 0 Å². The molecule has 0 aliphatic rings. The Labute approximate surface area is 117 Å². The zero-order valence-corrected chi connectivity index (χ0v) is 11.3. The highest BCUT2D eigenvalue weighted by molar-refractivity contribution is 5.90. The van der Waals surface area contributed by atoms with Crippen molar-refractivity contribution in [2.45, 2.75) is 26.4 Å². The number of unbranched alkanes of at least 4 members (excludes halogenated alkanes) is 1. The molecule has 0 unspecified atom stereocenters. The highest BCUT2D eigenvalue weighted by Gasteiger charge is 2.10. The van der Waals surface area contributed by atoms with Crippen LogP contribution in [0, 0.1) is 0 Å². The summed E-state index contributed by atoms with van der Waals surface area (Å²) in [6.45, 7) is 2.29. The van der Waals surface area contributed by atoms with Gasteiger partial charge in [-0.15, -0.1) is 5.10 Å². The monoisotopic (exact) mass is 275 g/mol. The number of ether oxygens (including phenoxy) is 1. The second-order valence-electron chi connectivity index (χ2n) is 4.34. The van der Waals surface area contributed by atoms with E-state index in [0.29, 0.717) is 23.6 Å². The van der Waals surface area contributed by atoms with Crippen molar-refractivity contribution in [3.63, 3.8) is 0 Å². The molecule has 0 spiro atoms. The Hall–Kier alpha value is -2.21. The van der Waals surface area contributed by atoms with Gasteiger partial charge in [0.1, 0.15) is 0 Å². The van der Waals surface area contributed by atoms with Crippen molar-refractivity contribution in [2.24, 2.45) is 0 Å². The van der Waals surface area contributed by atoms with Gasteiger partial charge in [-0.3, -0.25) is 0 Å². The lowest BCUT2D eigenvalue weighted by Gasteiger charge is -2.07. The number of carbonyl (C=O) groups excluding carboxylic acids is 1. The first-order valence-corrected chi connectivity index (χ1v) is 6.54. The zero-order chi connectivity index (χ0) is 14.4. The molecule has 2 rings (SSSR count). The smallest absolute Gasteiger partial charge is 0.338 e. The molecule has 0 fully saturated rings. The van der Waals surface area contributed by atoms with E-state index in [2.05, 4.69) is 10.3 Å². The van der Waals surface area contributed by atoms with Gasteiger partial charge in [-0.05, 0) is 24.6 Å². The molecule has 6 heteroatoms. The first kappa shape index (κ1) is 14.2. The molecule has 0 amide bonds. The summed E-state index contributed by atoms with van der Waals surface area (Å²) < 4.78 is 6.65.